The van der Waals surface area contributed by atoms with Crippen LogP contribution in [0.25, 0.3) is 10.9 Å². The largest absolute Gasteiger partial charge is 0.353 e. The summed E-state index contributed by atoms with van der Waals surface area (Å²) in [5.74, 6) is 2.03. The number of nitrogens with zero attached hydrogens (tertiary/aromatic N) is 1. The van der Waals surface area contributed by atoms with Crippen LogP contribution >= 0.6 is 24.2 Å². The number of nitrogens with two attached hydrogens (primary N) is 1. The lowest BCUT2D eigenvalue weighted by atomic mass is 9.92. The summed E-state index contributed by atoms with van der Waals surface area (Å²) in [6.45, 7) is 0. The lowest BCUT2D eigenvalue weighted by Gasteiger charge is -2.26. The van der Waals surface area contributed by atoms with Crippen molar-refractivity contribution in [1.82, 2.24) is 15.3 Å². The minimum Gasteiger partial charge on any atom is -0.353 e. The van der Waals surface area contributed by atoms with Gasteiger partial charge in [0.1, 0.15) is 5.82 Å². The molecule has 1 aliphatic rings. The summed E-state index contributed by atoms with van der Waals surface area (Å²) in [5.41, 5.74) is 6.47. The van der Waals surface area contributed by atoms with Crippen molar-refractivity contribution in [3.05, 3.63) is 40.4 Å². The molecule has 26 heavy (non-hydrogen) atoms. The molecular formula is C18H25ClN4O2S. The molecule has 0 atom stereocenters. The van der Waals surface area contributed by atoms with E-state index in [1.807, 2.05) is 18.2 Å². The molecule has 2 aromatic rings. The highest BCUT2D eigenvalue weighted by Crippen LogP contribution is 2.17. The van der Waals surface area contributed by atoms with Crippen LogP contribution in [-0.2, 0) is 10.5 Å². The minimum atomic E-state index is -0.116. The number of halogens is 1. The zero-order chi connectivity index (χ0) is 17.6. The van der Waals surface area contributed by atoms with Crippen molar-refractivity contribution in [2.75, 3.05) is 5.75 Å². The quantitative estimate of drug-likeness (QED) is 0.650. The number of carbonyl (C=O) groups is 1. The van der Waals surface area contributed by atoms with Gasteiger partial charge in [0.25, 0.3) is 5.56 Å². The second kappa shape index (κ2) is 9.94. The molecule has 1 aromatic heterocycles. The van der Waals surface area contributed by atoms with Gasteiger partial charge in [0, 0.05) is 24.3 Å². The van der Waals surface area contributed by atoms with Crippen LogP contribution in [0.3, 0.4) is 0 Å². The number of rotatable bonds is 6. The molecule has 8 heteroatoms. The Morgan fingerprint density at radius 2 is 2.00 bits per heavy atom. The van der Waals surface area contributed by atoms with Crippen LogP contribution in [0.1, 0.15) is 37.9 Å². The van der Waals surface area contributed by atoms with Crippen molar-refractivity contribution in [3.8, 4) is 0 Å². The van der Waals surface area contributed by atoms with Gasteiger partial charge in [0.05, 0.1) is 16.7 Å². The zero-order valence-electron chi connectivity index (χ0n) is 14.6. The van der Waals surface area contributed by atoms with Crippen LogP contribution in [0, 0.1) is 0 Å². The Morgan fingerprint density at radius 1 is 1.27 bits per heavy atom. The number of fused-ring (bicyclic) bond motifs is 1. The Kier molecular flexibility index (Phi) is 7.93. The van der Waals surface area contributed by atoms with E-state index in [-0.39, 0.29) is 29.9 Å². The Labute approximate surface area is 163 Å². The fourth-order valence-electron chi connectivity index (χ4n) is 3.10. The first-order valence-corrected chi connectivity index (χ1v) is 9.88. The maximum absolute atomic E-state index is 12.0. The van der Waals surface area contributed by atoms with E-state index in [2.05, 4.69) is 15.3 Å². The third kappa shape index (κ3) is 5.72. The molecule has 1 saturated carbocycles. The number of para-hydroxylation sites is 1. The molecule has 4 N–H and O–H groups in total. The summed E-state index contributed by atoms with van der Waals surface area (Å²) in [7, 11) is 0. The van der Waals surface area contributed by atoms with Crippen LogP contribution in [0.2, 0.25) is 0 Å². The molecule has 1 aliphatic carbocycles. The first-order chi connectivity index (χ1) is 12.1. The Bertz CT molecular complexity index is 790. The van der Waals surface area contributed by atoms with E-state index in [0.717, 1.165) is 25.7 Å². The van der Waals surface area contributed by atoms with Crippen LogP contribution < -0.4 is 16.6 Å². The van der Waals surface area contributed by atoms with E-state index < -0.39 is 0 Å². The van der Waals surface area contributed by atoms with E-state index in [9.17, 15) is 9.59 Å². The minimum absolute atomic E-state index is 0. The van der Waals surface area contributed by atoms with Gasteiger partial charge in [-0.2, -0.15) is 11.8 Å². The van der Waals surface area contributed by atoms with Crippen molar-refractivity contribution in [1.29, 1.82) is 0 Å². The lowest BCUT2D eigenvalue weighted by Crippen LogP contribution is -2.40. The molecule has 0 spiro atoms. The third-order valence-electron chi connectivity index (χ3n) is 4.51. The van der Waals surface area contributed by atoms with Gasteiger partial charge < -0.3 is 16.0 Å². The molecular weight excluding hydrogens is 372 g/mol. The van der Waals surface area contributed by atoms with E-state index in [4.69, 9.17) is 5.73 Å². The summed E-state index contributed by atoms with van der Waals surface area (Å²) in [6, 6.07) is 7.86. The molecule has 6 nitrogen and oxygen atoms in total. The Balaban J connectivity index is 0.00000243. The molecule has 1 fully saturated rings. The SMILES string of the molecule is Cl.NC1CCC(NC(=O)CCSCc2nc3ccccc3c(=O)[nH]2)CC1. The van der Waals surface area contributed by atoms with E-state index in [0.29, 0.717) is 40.7 Å². The average Bonchev–Trinajstić information content (AvgIpc) is 2.61. The maximum atomic E-state index is 12.0. The van der Waals surface area contributed by atoms with Crippen molar-refractivity contribution in [2.24, 2.45) is 5.73 Å². The zero-order valence-corrected chi connectivity index (χ0v) is 16.2. The predicted octanol–water partition coefficient (Wildman–Crippen LogP) is 2.35. The van der Waals surface area contributed by atoms with E-state index in [1.54, 1.807) is 17.8 Å². The average molecular weight is 397 g/mol. The van der Waals surface area contributed by atoms with E-state index >= 15 is 0 Å². The number of aromatic amines is 1. The Hall–Kier alpha value is -1.57. The predicted molar refractivity (Wildman–Crippen MR) is 109 cm³/mol. The van der Waals surface area contributed by atoms with E-state index in [1.165, 1.54) is 0 Å². The molecule has 1 amide bonds. The number of aromatic nitrogens is 2. The molecule has 0 unspecified atom stereocenters. The molecule has 0 radical (unpaired) electrons. The van der Waals surface area contributed by atoms with Crippen molar-refractivity contribution in [2.45, 2.75) is 49.9 Å². The topological polar surface area (TPSA) is 101 Å². The van der Waals surface area contributed by atoms with Gasteiger partial charge in [-0.3, -0.25) is 9.59 Å². The first-order valence-electron chi connectivity index (χ1n) is 8.72. The van der Waals surface area contributed by atoms with Crippen molar-refractivity contribution >= 4 is 41.0 Å². The van der Waals surface area contributed by atoms with Gasteiger partial charge in [0.15, 0.2) is 0 Å². The number of amides is 1. The highest BCUT2D eigenvalue weighted by Gasteiger charge is 2.19. The van der Waals surface area contributed by atoms with Crippen molar-refractivity contribution in [3.63, 3.8) is 0 Å². The number of nitrogens with one attached hydrogen (secondary N) is 2. The van der Waals surface area contributed by atoms with Crippen LogP contribution in [0.4, 0.5) is 0 Å². The number of hydrogen-bond acceptors (Lipinski definition) is 5. The summed E-state index contributed by atoms with van der Waals surface area (Å²) in [6.07, 6.45) is 4.40. The highest BCUT2D eigenvalue weighted by molar-refractivity contribution is 7.98. The van der Waals surface area contributed by atoms with Gasteiger partial charge in [0.2, 0.25) is 5.91 Å². The molecule has 142 valence electrons. The van der Waals surface area contributed by atoms with Gasteiger partial charge in [-0.25, -0.2) is 4.98 Å². The lowest BCUT2D eigenvalue weighted by molar-refractivity contribution is -0.121. The summed E-state index contributed by atoms with van der Waals surface area (Å²) in [4.78, 5) is 31.3. The molecule has 0 saturated heterocycles. The molecule has 0 aliphatic heterocycles. The maximum Gasteiger partial charge on any atom is 0.258 e. The standard InChI is InChI=1S/C18H24N4O2S.ClH/c19-12-5-7-13(8-6-12)20-17(23)9-10-25-11-16-21-15-4-2-1-3-14(15)18(24)22-16;/h1-4,12-13H,5-11,19H2,(H,20,23)(H,21,22,24);1H. The molecule has 1 aromatic carbocycles. The fourth-order valence-corrected chi connectivity index (χ4v) is 3.90. The monoisotopic (exact) mass is 396 g/mol. The van der Waals surface area contributed by atoms with Gasteiger partial charge in [-0.1, -0.05) is 12.1 Å². The normalized spacial score (nSPS) is 19.7. The summed E-state index contributed by atoms with van der Waals surface area (Å²) < 4.78 is 0. The third-order valence-corrected chi connectivity index (χ3v) is 5.48. The van der Waals surface area contributed by atoms with Gasteiger partial charge in [-0.05, 0) is 37.8 Å². The van der Waals surface area contributed by atoms with Gasteiger partial charge in [-0.15, -0.1) is 12.4 Å². The van der Waals surface area contributed by atoms with Crippen LogP contribution in [0.5, 0.6) is 0 Å². The smallest absolute Gasteiger partial charge is 0.258 e. The van der Waals surface area contributed by atoms with Crippen LogP contribution in [-0.4, -0.2) is 33.7 Å². The summed E-state index contributed by atoms with van der Waals surface area (Å²) >= 11 is 1.60. The highest BCUT2D eigenvalue weighted by atomic mass is 35.5. The fraction of sp³-hybridized carbons (Fsp3) is 0.500. The number of thioether (sulfide) groups is 1. The summed E-state index contributed by atoms with van der Waals surface area (Å²) in [5, 5.41) is 3.69. The molecule has 1 heterocycles. The van der Waals surface area contributed by atoms with Gasteiger partial charge >= 0.3 is 0 Å². The number of hydrogen-bond donors (Lipinski definition) is 3. The number of benzene rings is 1. The number of H-pyrrole nitrogens is 1. The second-order valence-corrected chi connectivity index (χ2v) is 7.62. The van der Waals surface area contributed by atoms with Crippen molar-refractivity contribution < 1.29 is 4.79 Å². The first kappa shape index (κ1) is 20.7. The molecule has 0 bridgehead atoms. The second-order valence-electron chi connectivity index (χ2n) is 6.51. The molecule has 3 rings (SSSR count). The Morgan fingerprint density at radius 3 is 2.77 bits per heavy atom. The van der Waals surface area contributed by atoms with Crippen LogP contribution in [0.15, 0.2) is 29.1 Å². The number of carbonyl (C=O) groups excluding carboxylic acids is 1.